The van der Waals surface area contributed by atoms with Gasteiger partial charge in [0.05, 0.1) is 5.69 Å². The highest BCUT2D eigenvalue weighted by molar-refractivity contribution is 7.98. The van der Waals surface area contributed by atoms with Crippen molar-refractivity contribution in [2.24, 2.45) is 0 Å². The fourth-order valence-electron chi connectivity index (χ4n) is 2.83. The van der Waals surface area contributed by atoms with E-state index in [4.69, 9.17) is 0 Å². The van der Waals surface area contributed by atoms with Crippen LogP contribution in [0.25, 0.3) is 5.78 Å². The Balaban J connectivity index is 1.54. The van der Waals surface area contributed by atoms with Crippen molar-refractivity contribution in [3.8, 4) is 5.88 Å². The summed E-state index contributed by atoms with van der Waals surface area (Å²) in [4.78, 5) is 10.2. The largest absolute Gasteiger partial charge is 0.493 e. The van der Waals surface area contributed by atoms with Gasteiger partial charge in [-0.25, -0.2) is 4.98 Å². The van der Waals surface area contributed by atoms with Crippen LogP contribution in [-0.4, -0.2) is 24.7 Å². The molecular weight excluding hydrogens is 356 g/mol. The number of aromatic nitrogens is 4. The van der Waals surface area contributed by atoms with Gasteiger partial charge in [-0.3, -0.25) is 0 Å². The molecule has 5 nitrogen and oxygen atoms in total. The van der Waals surface area contributed by atoms with E-state index in [1.165, 1.54) is 20.5 Å². The third-order valence-corrected chi connectivity index (χ3v) is 5.49. The van der Waals surface area contributed by atoms with Crippen molar-refractivity contribution in [3.05, 3.63) is 82.8 Å². The molecule has 0 aliphatic heterocycles. The van der Waals surface area contributed by atoms with Gasteiger partial charge in [0.2, 0.25) is 5.88 Å². The van der Waals surface area contributed by atoms with Crippen molar-refractivity contribution in [3.63, 3.8) is 0 Å². The molecule has 0 aliphatic carbocycles. The van der Waals surface area contributed by atoms with Gasteiger partial charge in [0.25, 0.3) is 5.78 Å². The zero-order chi connectivity index (χ0) is 18.8. The maximum absolute atomic E-state index is 10.3. The number of fused-ring (bicyclic) bond motifs is 1. The van der Waals surface area contributed by atoms with Crippen LogP contribution >= 0.6 is 11.8 Å². The van der Waals surface area contributed by atoms with Gasteiger partial charge < -0.3 is 5.11 Å². The lowest BCUT2D eigenvalue weighted by Crippen LogP contribution is -1.96. The predicted molar refractivity (Wildman–Crippen MR) is 107 cm³/mol. The van der Waals surface area contributed by atoms with Crippen molar-refractivity contribution >= 4 is 17.5 Å². The second kappa shape index (κ2) is 7.40. The molecule has 27 heavy (non-hydrogen) atoms. The molecule has 1 N–H and O–H groups in total. The molecule has 0 aliphatic rings. The monoisotopic (exact) mass is 376 g/mol. The molecule has 2 aromatic carbocycles. The zero-order valence-corrected chi connectivity index (χ0v) is 16.1. The number of aryl methyl sites for hydroxylation is 2. The summed E-state index contributed by atoms with van der Waals surface area (Å²) in [6.45, 7) is 4.22. The smallest absolute Gasteiger partial charge is 0.255 e. The molecule has 4 aromatic rings. The normalized spacial score (nSPS) is 11.2. The molecule has 0 atom stereocenters. The highest BCUT2D eigenvalue weighted by Gasteiger charge is 2.11. The number of thioether (sulfide) groups is 1. The predicted octanol–water partition coefficient (Wildman–Crippen LogP) is 4.33. The van der Waals surface area contributed by atoms with Crippen LogP contribution in [0.4, 0.5) is 0 Å². The first kappa shape index (κ1) is 17.5. The summed E-state index contributed by atoms with van der Waals surface area (Å²) in [6.07, 6.45) is 0.608. The second-order valence-electron chi connectivity index (χ2n) is 6.54. The molecule has 0 unspecified atom stereocenters. The quantitative estimate of drug-likeness (QED) is 0.525. The molecule has 0 amide bonds. The van der Waals surface area contributed by atoms with Crippen molar-refractivity contribution in [1.29, 1.82) is 0 Å². The second-order valence-corrected chi connectivity index (χ2v) is 7.59. The van der Waals surface area contributed by atoms with Gasteiger partial charge in [0, 0.05) is 23.1 Å². The van der Waals surface area contributed by atoms with Gasteiger partial charge in [-0.05, 0) is 42.7 Å². The van der Waals surface area contributed by atoms with E-state index in [0.717, 1.165) is 11.3 Å². The van der Waals surface area contributed by atoms with Crippen LogP contribution in [0, 0.1) is 13.8 Å². The Labute approximate surface area is 162 Å². The highest BCUT2D eigenvalue weighted by Crippen LogP contribution is 2.25. The number of hydrogen-bond acceptors (Lipinski definition) is 5. The third-order valence-electron chi connectivity index (χ3n) is 4.46. The number of nitrogens with zero attached hydrogens (tertiary/aromatic N) is 4. The first-order valence-corrected chi connectivity index (χ1v) is 9.75. The summed E-state index contributed by atoms with van der Waals surface area (Å²) in [5.41, 5.74) is 4.46. The van der Waals surface area contributed by atoms with Gasteiger partial charge in [-0.2, -0.15) is 9.50 Å². The van der Waals surface area contributed by atoms with Gasteiger partial charge in [-0.1, -0.05) is 36.4 Å². The minimum absolute atomic E-state index is 0.0579. The lowest BCUT2D eigenvalue weighted by Gasteiger charge is -2.05. The van der Waals surface area contributed by atoms with Crippen LogP contribution in [0.2, 0.25) is 0 Å². The molecule has 0 spiro atoms. The van der Waals surface area contributed by atoms with Crippen molar-refractivity contribution in [2.75, 3.05) is 0 Å². The molecule has 0 fully saturated rings. The summed E-state index contributed by atoms with van der Waals surface area (Å²) in [5, 5.41) is 14.7. The van der Waals surface area contributed by atoms with Crippen LogP contribution in [0.1, 0.15) is 28.2 Å². The Morgan fingerprint density at radius 2 is 1.78 bits per heavy atom. The van der Waals surface area contributed by atoms with Crippen LogP contribution in [0.15, 0.2) is 59.5 Å². The summed E-state index contributed by atoms with van der Waals surface area (Å²) in [6, 6.07) is 18.1. The average molecular weight is 376 g/mol. The molecule has 136 valence electrons. The van der Waals surface area contributed by atoms with Crippen molar-refractivity contribution in [1.82, 2.24) is 19.6 Å². The maximum Gasteiger partial charge on any atom is 0.255 e. The summed E-state index contributed by atoms with van der Waals surface area (Å²) in [7, 11) is 0. The molecule has 2 heterocycles. The van der Waals surface area contributed by atoms with E-state index in [0.29, 0.717) is 23.8 Å². The first-order chi connectivity index (χ1) is 13.1. The lowest BCUT2D eigenvalue weighted by molar-refractivity contribution is 0.434. The summed E-state index contributed by atoms with van der Waals surface area (Å²) < 4.78 is 1.39. The van der Waals surface area contributed by atoms with Gasteiger partial charge >= 0.3 is 0 Å². The number of rotatable bonds is 5. The molecular formula is C21H20N4OS. The van der Waals surface area contributed by atoms with Crippen LogP contribution in [0.5, 0.6) is 5.88 Å². The zero-order valence-electron chi connectivity index (χ0n) is 15.3. The minimum Gasteiger partial charge on any atom is -0.493 e. The fraction of sp³-hybridized carbons (Fsp3) is 0.190. The van der Waals surface area contributed by atoms with E-state index >= 15 is 0 Å². The van der Waals surface area contributed by atoms with Crippen LogP contribution in [0.3, 0.4) is 0 Å². The maximum atomic E-state index is 10.3. The van der Waals surface area contributed by atoms with E-state index in [1.807, 2.05) is 30.3 Å². The fourth-order valence-corrected chi connectivity index (χ4v) is 3.72. The number of benzene rings is 2. The van der Waals surface area contributed by atoms with E-state index in [2.05, 4.69) is 47.1 Å². The summed E-state index contributed by atoms with van der Waals surface area (Å²) >= 11 is 1.69. The first-order valence-electron chi connectivity index (χ1n) is 8.77. The van der Waals surface area contributed by atoms with E-state index < -0.39 is 0 Å². The summed E-state index contributed by atoms with van der Waals surface area (Å²) in [5.74, 6) is 1.79. The van der Waals surface area contributed by atoms with Gasteiger partial charge in [0.1, 0.15) is 0 Å². The van der Waals surface area contributed by atoms with E-state index in [-0.39, 0.29) is 5.88 Å². The van der Waals surface area contributed by atoms with Gasteiger partial charge in [0.15, 0.2) is 5.82 Å². The molecule has 0 bridgehead atoms. The van der Waals surface area contributed by atoms with Crippen LogP contribution in [-0.2, 0) is 12.2 Å². The SMILES string of the molecule is Cc1ccc(SCc2cc(O)n3nc(Cc4ccccc4)nc3n2)cc1C. The minimum atomic E-state index is 0.0579. The Hall–Kier alpha value is -2.86. The lowest BCUT2D eigenvalue weighted by atomic mass is 10.1. The third kappa shape index (κ3) is 3.95. The Bertz CT molecular complexity index is 1090. The Kier molecular flexibility index (Phi) is 4.81. The molecule has 0 saturated carbocycles. The van der Waals surface area contributed by atoms with Crippen molar-refractivity contribution < 1.29 is 5.11 Å². The van der Waals surface area contributed by atoms with Gasteiger partial charge in [-0.15, -0.1) is 16.9 Å². The average Bonchev–Trinajstić information content (AvgIpc) is 3.06. The molecule has 2 aromatic heterocycles. The standard InChI is InChI=1S/C21H20N4OS/c1-14-8-9-18(10-15(14)2)27-13-17-12-20(26)25-21(22-17)23-19(24-25)11-16-6-4-3-5-7-16/h3-10,12,26H,11,13H2,1-2H3. The number of aromatic hydroxyl groups is 1. The highest BCUT2D eigenvalue weighted by atomic mass is 32.2. The molecule has 4 rings (SSSR count). The molecule has 0 radical (unpaired) electrons. The number of hydrogen-bond donors (Lipinski definition) is 1. The topological polar surface area (TPSA) is 63.3 Å². The van der Waals surface area contributed by atoms with E-state index in [9.17, 15) is 5.11 Å². The Morgan fingerprint density at radius 1 is 0.963 bits per heavy atom. The molecule has 0 saturated heterocycles. The van der Waals surface area contributed by atoms with Crippen molar-refractivity contribution in [2.45, 2.75) is 30.9 Å². The van der Waals surface area contributed by atoms with Crippen LogP contribution < -0.4 is 0 Å². The Morgan fingerprint density at radius 3 is 2.56 bits per heavy atom. The van der Waals surface area contributed by atoms with E-state index in [1.54, 1.807) is 17.8 Å². The molecule has 6 heteroatoms.